The molecule has 3 aromatic carbocycles. The van der Waals surface area contributed by atoms with Gasteiger partial charge in [0.2, 0.25) is 16.9 Å². The van der Waals surface area contributed by atoms with Gasteiger partial charge in [0.15, 0.2) is 11.3 Å². The fourth-order valence-electron chi connectivity index (χ4n) is 3.67. The summed E-state index contributed by atoms with van der Waals surface area (Å²) in [6, 6.07) is 18.3. The van der Waals surface area contributed by atoms with Crippen molar-refractivity contribution in [1.29, 1.82) is 0 Å². The van der Waals surface area contributed by atoms with Crippen LogP contribution in [0.15, 0.2) is 80.4 Å². The van der Waals surface area contributed by atoms with E-state index in [9.17, 15) is 9.59 Å². The van der Waals surface area contributed by atoms with Gasteiger partial charge in [-0.1, -0.05) is 12.1 Å². The van der Waals surface area contributed by atoms with Crippen LogP contribution in [0.5, 0.6) is 28.7 Å². The summed E-state index contributed by atoms with van der Waals surface area (Å²) in [7, 11) is 3.09. The molecule has 0 radical (unpaired) electrons. The molecular weight excluding hydrogens is 452 g/mol. The Bertz CT molecular complexity index is 1610. The largest absolute Gasteiger partial charge is 0.497 e. The standard InChI is InChI=1S/C27H20O8/c1-15-25(33-18-9-7-17(30-2)8-10-18)24(28)20-12-11-19(14-22(20)32-15)34-27(29)23-13-16-5-4-6-21(31-3)26(16)35-23/h4-14H,1-3H3. The molecule has 5 rings (SSSR count). The average Bonchev–Trinajstić information content (AvgIpc) is 3.31. The van der Waals surface area contributed by atoms with Crippen LogP contribution in [0.3, 0.4) is 0 Å². The Morgan fingerprint density at radius 1 is 0.829 bits per heavy atom. The number of aryl methyl sites for hydroxylation is 1. The lowest BCUT2D eigenvalue weighted by atomic mass is 10.2. The van der Waals surface area contributed by atoms with Crippen molar-refractivity contribution in [1.82, 2.24) is 0 Å². The Balaban J connectivity index is 1.42. The molecule has 2 aromatic heterocycles. The van der Waals surface area contributed by atoms with Gasteiger partial charge in [-0.3, -0.25) is 4.79 Å². The first-order chi connectivity index (χ1) is 17.0. The van der Waals surface area contributed by atoms with Crippen LogP contribution in [0.4, 0.5) is 0 Å². The minimum atomic E-state index is -0.693. The van der Waals surface area contributed by atoms with Crippen LogP contribution in [0, 0.1) is 6.92 Å². The lowest BCUT2D eigenvalue weighted by Gasteiger charge is -2.10. The van der Waals surface area contributed by atoms with Crippen molar-refractivity contribution in [2.24, 2.45) is 0 Å². The lowest BCUT2D eigenvalue weighted by Crippen LogP contribution is -2.09. The molecule has 0 aliphatic rings. The molecule has 0 saturated carbocycles. The van der Waals surface area contributed by atoms with Crippen molar-refractivity contribution in [2.75, 3.05) is 14.2 Å². The number of fused-ring (bicyclic) bond motifs is 2. The second-order valence-corrected chi connectivity index (χ2v) is 7.63. The smallest absolute Gasteiger partial charge is 0.379 e. The Kier molecular flexibility index (Phi) is 5.62. The summed E-state index contributed by atoms with van der Waals surface area (Å²) in [5.74, 6) is 1.52. The monoisotopic (exact) mass is 472 g/mol. The number of hydrogen-bond acceptors (Lipinski definition) is 8. The highest BCUT2D eigenvalue weighted by atomic mass is 16.5. The summed E-state index contributed by atoms with van der Waals surface area (Å²) in [6.45, 7) is 1.63. The first-order valence-corrected chi connectivity index (χ1v) is 10.6. The highest BCUT2D eigenvalue weighted by Crippen LogP contribution is 2.31. The van der Waals surface area contributed by atoms with Gasteiger partial charge in [0.05, 0.1) is 19.6 Å². The number of para-hydroxylation sites is 1. The SMILES string of the molecule is COc1ccc(Oc2c(C)oc3cc(OC(=O)c4cc5cccc(OC)c5o4)ccc3c2=O)cc1. The minimum absolute atomic E-state index is 0.0190. The second-order valence-electron chi connectivity index (χ2n) is 7.63. The molecular formula is C27H20O8. The van der Waals surface area contributed by atoms with Crippen LogP contribution in [-0.4, -0.2) is 20.2 Å². The van der Waals surface area contributed by atoms with E-state index >= 15 is 0 Å². The molecule has 5 aromatic rings. The van der Waals surface area contributed by atoms with Crippen molar-refractivity contribution < 1.29 is 32.6 Å². The van der Waals surface area contributed by atoms with Gasteiger partial charge in [-0.25, -0.2) is 4.79 Å². The van der Waals surface area contributed by atoms with Gasteiger partial charge >= 0.3 is 5.97 Å². The molecule has 2 heterocycles. The third kappa shape index (κ3) is 4.17. The number of carbonyl (C=O) groups excluding carboxylic acids is 1. The molecule has 0 aliphatic heterocycles. The number of benzene rings is 3. The molecule has 0 atom stereocenters. The van der Waals surface area contributed by atoms with Crippen LogP contribution < -0.4 is 24.4 Å². The van der Waals surface area contributed by atoms with E-state index in [-0.39, 0.29) is 39.4 Å². The van der Waals surface area contributed by atoms with Gasteiger partial charge in [0.25, 0.3) is 0 Å². The number of ether oxygens (including phenoxy) is 4. The van der Waals surface area contributed by atoms with Gasteiger partial charge in [-0.15, -0.1) is 0 Å². The van der Waals surface area contributed by atoms with Crippen molar-refractivity contribution in [3.8, 4) is 28.7 Å². The van der Waals surface area contributed by atoms with Gasteiger partial charge in [-0.05, 0) is 55.5 Å². The summed E-state index contributed by atoms with van der Waals surface area (Å²) >= 11 is 0. The fraction of sp³-hybridized carbons (Fsp3) is 0.111. The summed E-state index contributed by atoms with van der Waals surface area (Å²) in [5.41, 5.74) is 0.361. The summed E-state index contributed by atoms with van der Waals surface area (Å²) < 4.78 is 33.1. The third-order valence-corrected chi connectivity index (χ3v) is 5.41. The van der Waals surface area contributed by atoms with Crippen LogP contribution in [0.2, 0.25) is 0 Å². The molecule has 35 heavy (non-hydrogen) atoms. The molecule has 0 bridgehead atoms. The molecule has 0 aliphatic carbocycles. The molecule has 0 spiro atoms. The Morgan fingerprint density at radius 3 is 2.31 bits per heavy atom. The van der Waals surface area contributed by atoms with E-state index in [0.29, 0.717) is 28.2 Å². The number of carbonyl (C=O) groups is 1. The Labute approximate surface area is 199 Å². The van der Waals surface area contributed by atoms with Crippen molar-refractivity contribution in [3.63, 3.8) is 0 Å². The van der Waals surface area contributed by atoms with Gasteiger partial charge in [-0.2, -0.15) is 0 Å². The number of rotatable bonds is 6. The quantitative estimate of drug-likeness (QED) is 0.223. The molecule has 0 unspecified atom stereocenters. The van der Waals surface area contributed by atoms with Crippen molar-refractivity contribution in [3.05, 3.63) is 88.5 Å². The van der Waals surface area contributed by atoms with E-state index in [1.807, 2.05) is 0 Å². The van der Waals surface area contributed by atoms with E-state index < -0.39 is 5.97 Å². The average molecular weight is 472 g/mol. The van der Waals surface area contributed by atoms with E-state index in [1.165, 1.54) is 25.3 Å². The highest BCUT2D eigenvalue weighted by Gasteiger charge is 2.19. The molecule has 0 N–H and O–H groups in total. The number of methoxy groups -OCH3 is 2. The maximum Gasteiger partial charge on any atom is 0.379 e. The van der Waals surface area contributed by atoms with Gasteiger partial charge in [0, 0.05) is 11.5 Å². The van der Waals surface area contributed by atoms with Crippen molar-refractivity contribution in [2.45, 2.75) is 6.92 Å². The fourth-order valence-corrected chi connectivity index (χ4v) is 3.67. The van der Waals surface area contributed by atoms with Crippen LogP contribution >= 0.6 is 0 Å². The van der Waals surface area contributed by atoms with E-state index in [4.69, 9.17) is 27.8 Å². The molecule has 8 heteroatoms. The maximum absolute atomic E-state index is 13.0. The second kappa shape index (κ2) is 8.90. The van der Waals surface area contributed by atoms with Crippen LogP contribution in [-0.2, 0) is 0 Å². The number of hydrogen-bond donors (Lipinski definition) is 0. The highest BCUT2D eigenvalue weighted by molar-refractivity contribution is 5.95. The molecule has 0 fully saturated rings. The zero-order valence-corrected chi connectivity index (χ0v) is 19.1. The van der Waals surface area contributed by atoms with Crippen molar-refractivity contribution >= 4 is 27.9 Å². The van der Waals surface area contributed by atoms with Gasteiger partial charge in [0.1, 0.15) is 28.6 Å². The van der Waals surface area contributed by atoms with Crippen LogP contribution in [0.25, 0.3) is 21.9 Å². The molecule has 0 saturated heterocycles. The lowest BCUT2D eigenvalue weighted by molar-refractivity contribution is 0.0704. The predicted octanol–water partition coefficient (Wildman–Crippen LogP) is 5.88. The molecule has 8 nitrogen and oxygen atoms in total. The van der Waals surface area contributed by atoms with Crippen LogP contribution in [0.1, 0.15) is 16.3 Å². The Hall–Kier alpha value is -4.72. The topological polar surface area (TPSA) is 97.3 Å². The minimum Gasteiger partial charge on any atom is -0.497 e. The first-order valence-electron chi connectivity index (χ1n) is 10.6. The first kappa shape index (κ1) is 22.1. The van der Waals surface area contributed by atoms with E-state index in [1.54, 1.807) is 62.6 Å². The normalized spacial score (nSPS) is 10.9. The zero-order valence-electron chi connectivity index (χ0n) is 19.1. The maximum atomic E-state index is 13.0. The van der Waals surface area contributed by atoms with E-state index in [2.05, 4.69) is 0 Å². The molecule has 176 valence electrons. The number of furan rings is 1. The Morgan fingerprint density at radius 2 is 1.57 bits per heavy atom. The summed E-state index contributed by atoms with van der Waals surface area (Å²) in [4.78, 5) is 25.7. The summed E-state index contributed by atoms with van der Waals surface area (Å²) in [6.07, 6.45) is 0. The third-order valence-electron chi connectivity index (χ3n) is 5.41. The van der Waals surface area contributed by atoms with Gasteiger partial charge < -0.3 is 27.8 Å². The summed E-state index contributed by atoms with van der Waals surface area (Å²) in [5, 5.41) is 0.994. The zero-order chi connectivity index (χ0) is 24.5. The number of esters is 1. The molecule has 0 amide bonds. The van der Waals surface area contributed by atoms with E-state index in [0.717, 1.165) is 0 Å². The predicted molar refractivity (Wildman–Crippen MR) is 128 cm³/mol.